The number of carbonyl (C=O) groups is 1. The number of carboxylic acids is 1. The molecule has 19 heavy (non-hydrogen) atoms. The maximum atomic E-state index is 13.8. The number of carboxylic acid groups (broad SMARTS) is 1. The van der Waals surface area contributed by atoms with Crippen LogP contribution in [0.3, 0.4) is 0 Å². The van der Waals surface area contributed by atoms with Gasteiger partial charge in [-0.1, -0.05) is 6.07 Å². The quantitative estimate of drug-likeness (QED) is 0.845. The zero-order valence-corrected chi connectivity index (χ0v) is 10.7. The summed E-state index contributed by atoms with van der Waals surface area (Å²) in [7, 11) is 1.48. The van der Waals surface area contributed by atoms with Crippen LogP contribution in [0.2, 0.25) is 0 Å². The smallest absolute Gasteiger partial charge is 0.325 e. The number of hydrogen-bond donors (Lipinski definition) is 2. The number of nitrogens with two attached hydrogens (primary N) is 1. The molecule has 0 aliphatic carbocycles. The Morgan fingerprint density at radius 2 is 2.37 bits per heavy atom. The number of nitrogens with zero attached hydrogens (tertiary/aromatic N) is 1. The molecule has 1 unspecified atom stereocenters. The first-order valence-corrected chi connectivity index (χ1v) is 6.02. The van der Waals surface area contributed by atoms with Gasteiger partial charge in [-0.3, -0.25) is 9.69 Å². The second kappa shape index (κ2) is 5.14. The lowest BCUT2D eigenvalue weighted by Crippen LogP contribution is -2.50. The van der Waals surface area contributed by atoms with E-state index in [0.29, 0.717) is 30.8 Å². The van der Waals surface area contributed by atoms with E-state index in [1.165, 1.54) is 13.2 Å². The molecule has 1 aliphatic heterocycles. The molecule has 0 radical (unpaired) electrons. The van der Waals surface area contributed by atoms with E-state index in [1.807, 2.05) is 4.90 Å². The van der Waals surface area contributed by atoms with Crippen LogP contribution in [-0.4, -0.2) is 41.7 Å². The van der Waals surface area contributed by atoms with Gasteiger partial charge in [-0.25, -0.2) is 4.39 Å². The molecule has 5 nitrogen and oxygen atoms in total. The SMILES string of the molecule is COc1ccc(CN2CCC(N)(C(=O)O)C2)c(F)c1. The molecule has 1 atom stereocenters. The van der Waals surface area contributed by atoms with E-state index in [1.54, 1.807) is 12.1 Å². The Balaban J connectivity index is 2.05. The third kappa shape index (κ3) is 2.85. The van der Waals surface area contributed by atoms with Crippen molar-refractivity contribution in [3.63, 3.8) is 0 Å². The zero-order valence-electron chi connectivity index (χ0n) is 10.7. The Bertz CT molecular complexity index is 495. The molecule has 1 saturated heterocycles. The summed E-state index contributed by atoms with van der Waals surface area (Å²) >= 11 is 0. The molecule has 1 fully saturated rings. The van der Waals surface area contributed by atoms with E-state index in [2.05, 4.69) is 0 Å². The molecule has 2 rings (SSSR count). The first-order valence-electron chi connectivity index (χ1n) is 6.02. The van der Waals surface area contributed by atoms with Gasteiger partial charge < -0.3 is 15.6 Å². The Hall–Kier alpha value is -1.66. The minimum Gasteiger partial charge on any atom is -0.497 e. The highest BCUT2D eigenvalue weighted by Crippen LogP contribution is 2.23. The van der Waals surface area contributed by atoms with E-state index in [-0.39, 0.29) is 12.4 Å². The lowest BCUT2D eigenvalue weighted by Gasteiger charge is -2.20. The van der Waals surface area contributed by atoms with Gasteiger partial charge in [0.05, 0.1) is 7.11 Å². The van der Waals surface area contributed by atoms with Crippen molar-refractivity contribution in [2.24, 2.45) is 5.73 Å². The monoisotopic (exact) mass is 268 g/mol. The second-order valence-corrected chi connectivity index (χ2v) is 4.88. The van der Waals surface area contributed by atoms with Crippen molar-refractivity contribution in [2.45, 2.75) is 18.5 Å². The number of likely N-dealkylation sites (tertiary alicyclic amines) is 1. The average molecular weight is 268 g/mol. The van der Waals surface area contributed by atoms with Gasteiger partial charge in [0.2, 0.25) is 0 Å². The molecule has 0 saturated carbocycles. The Morgan fingerprint density at radius 3 is 2.89 bits per heavy atom. The molecule has 104 valence electrons. The molecule has 1 aromatic rings. The Kier molecular flexibility index (Phi) is 3.73. The number of aliphatic carboxylic acids is 1. The Labute approximate surface area is 110 Å². The van der Waals surface area contributed by atoms with E-state index in [9.17, 15) is 9.18 Å². The molecule has 1 aromatic carbocycles. The fraction of sp³-hybridized carbons (Fsp3) is 0.462. The highest BCUT2D eigenvalue weighted by atomic mass is 19.1. The van der Waals surface area contributed by atoms with Crippen LogP contribution in [0.5, 0.6) is 5.75 Å². The third-order valence-corrected chi connectivity index (χ3v) is 3.46. The van der Waals surface area contributed by atoms with Crippen molar-refractivity contribution in [3.8, 4) is 5.75 Å². The van der Waals surface area contributed by atoms with Crippen LogP contribution in [0.1, 0.15) is 12.0 Å². The van der Waals surface area contributed by atoms with Crippen LogP contribution in [0.15, 0.2) is 18.2 Å². The molecule has 6 heteroatoms. The van der Waals surface area contributed by atoms with Crippen molar-refractivity contribution in [1.82, 2.24) is 4.90 Å². The predicted octanol–water partition coefficient (Wildman–Crippen LogP) is 0.822. The maximum absolute atomic E-state index is 13.8. The van der Waals surface area contributed by atoms with Crippen molar-refractivity contribution in [3.05, 3.63) is 29.6 Å². The van der Waals surface area contributed by atoms with Gasteiger partial charge in [0, 0.05) is 31.3 Å². The van der Waals surface area contributed by atoms with Gasteiger partial charge in [0.25, 0.3) is 0 Å². The molecule has 0 bridgehead atoms. The number of halogens is 1. The van der Waals surface area contributed by atoms with Crippen LogP contribution < -0.4 is 10.5 Å². The number of hydrogen-bond acceptors (Lipinski definition) is 4. The molecule has 0 amide bonds. The van der Waals surface area contributed by atoms with Crippen molar-refractivity contribution >= 4 is 5.97 Å². The zero-order chi connectivity index (χ0) is 14.0. The summed E-state index contributed by atoms with van der Waals surface area (Å²) in [5.74, 6) is -0.907. The number of methoxy groups -OCH3 is 1. The summed E-state index contributed by atoms with van der Waals surface area (Å²) in [5, 5.41) is 9.04. The summed E-state index contributed by atoms with van der Waals surface area (Å²) in [6.07, 6.45) is 0.375. The predicted molar refractivity (Wildman–Crippen MR) is 67.4 cm³/mol. The fourth-order valence-electron chi connectivity index (χ4n) is 2.25. The lowest BCUT2D eigenvalue weighted by molar-refractivity contribution is -0.142. The fourth-order valence-corrected chi connectivity index (χ4v) is 2.25. The molecule has 1 aliphatic rings. The first-order chi connectivity index (χ1) is 8.94. The molecular weight excluding hydrogens is 251 g/mol. The molecule has 1 heterocycles. The van der Waals surface area contributed by atoms with Gasteiger partial charge in [-0.15, -0.1) is 0 Å². The number of ether oxygens (including phenoxy) is 1. The van der Waals surface area contributed by atoms with Gasteiger partial charge in [0.1, 0.15) is 17.1 Å². The number of rotatable bonds is 4. The average Bonchev–Trinajstić information content (AvgIpc) is 2.75. The van der Waals surface area contributed by atoms with Crippen LogP contribution in [-0.2, 0) is 11.3 Å². The summed E-state index contributed by atoms with van der Waals surface area (Å²) < 4.78 is 18.7. The van der Waals surface area contributed by atoms with Gasteiger partial charge in [0.15, 0.2) is 0 Å². The summed E-state index contributed by atoms with van der Waals surface area (Å²) in [6.45, 7) is 1.13. The normalized spacial score (nSPS) is 23.5. The van der Waals surface area contributed by atoms with Gasteiger partial charge in [-0.2, -0.15) is 0 Å². The third-order valence-electron chi connectivity index (χ3n) is 3.46. The van der Waals surface area contributed by atoms with Crippen LogP contribution in [0, 0.1) is 5.82 Å². The molecule has 3 N–H and O–H groups in total. The van der Waals surface area contributed by atoms with E-state index in [4.69, 9.17) is 15.6 Å². The molecular formula is C13H17FN2O3. The molecule has 0 aromatic heterocycles. The molecule has 0 spiro atoms. The lowest BCUT2D eigenvalue weighted by atomic mass is 10.0. The highest BCUT2D eigenvalue weighted by molar-refractivity contribution is 5.79. The minimum atomic E-state index is -1.22. The summed E-state index contributed by atoms with van der Waals surface area (Å²) in [5.41, 5.74) is 5.07. The highest BCUT2D eigenvalue weighted by Gasteiger charge is 2.41. The minimum absolute atomic E-state index is 0.230. The summed E-state index contributed by atoms with van der Waals surface area (Å²) in [4.78, 5) is 12.9. The van der Waals surface area contributed by atoms with Crippen LogP contribution in [0.4, 0.5) is 4.39 Å². The van der Waals surface area contributed by atoms with Gasteiger partial charge >= 0.3 is 5.97 Å². The van der Waals surface area contributed by atoms with Crippen molar-refractivity contribution in [1.29, 1.82) is 0 Å². The largest absolute Gasteiger partial charge is 0.497 e. The second-order valence-electron chi connectivity index (χ2n) is 4.88. The number of benzene rings is 1. The van der Waals surface area contributed by atoms with E-state index < -0.39 is 11.5 Å². The Morgan fingerprint density at radius 1 is 1.63 bits per heavy atom. The van der Waals surface area contributed by atoms with E-state index >= 15 is 0 Å². The first kappa shape index (κ1) is 13.8. The van der Waals surface area contributed by atoms with E-state index in [0.717, 1.165) is 0 Å². The summed E-state index contributed by atoms with van der Waals surface area (Å²) in [6, 6.07) is 4.64. The van der Waals surface area contributed by atoms with Gasteiger partial charge in [-0.05, 0) is 12.5 Å². The standard InChI is InChI=1S/C13H17FN2O3/c1-19-10-3-2-9(11(14)6-10)7-16-5-4-13(15,8-16)12(17)18/h2-3,6H,4-5,7-8,15H2,1H3,(H,17,18). The van der Waals surface area contributed by atoms with Crippen molar-refractivity contribution in [2.75, 3.05) is 20.2 Å². The topological polar surface area (TPSA) is 75.8 Å². The maximum Gasteiger partial charge on any atom is 0.325 e. The van der Waals surface area contributed by atoms with Crippen molar-refractivity contribution < 1.29 is 19.0 Å². The van der Waals surface area contributed by atoms with Crippen LogP contribution in [0.25, 0.3) is 0 Å². The van der Waals surface area contributed by atoms with Crippen LogP contribution >= 0.6 is 0 Å².